The van der Waals surface area contributed by atoms with Crippen molar-refractivity contribution >= 4 is 21.7 Å². The third kappa shape index (κ3) is 2.91. The molecular formula is C16H20N2O6S. The minimum Gasteiger partial charge on any atom is -0.480 e. The Kier molecular flexibility index (Phi) is 4.54. The van der Waals surface area contributed by atoms with Crippen LogP contribution in [0.15, 0.2) is 23.1 Å². The highest BCUT2D eigenvalue weighted by Crippen LogP contribution is 2.44. The first-order valence-electron chi connectivity index (χ1n) is 8.25. The van der Waals surface area contributed by atoms with E-state index in [9.17, 15) is 28.4 Å². The summed E-state index contributed by atoms with van der Waals surface area (Å²) in [5.74, 6) is -1.21. The maximum Gasteiger partial charge on any atom is 0.322 e. The summed E-state index contributed by atoms with van der Waals surface area (Å²) < 4.78 is 27.7. The van der Waals surface area contributed by atoms with Gasteiger partial charge >= 0.3 is 5.97 Å². The Morgan fingerprint density at radius 3 is 2.64 bits per heavy atom. The van der Waals surface area contributed by atoms with Crippen molar-refractivity contribution in [2.24, 2.45) is 5.92 Å². The van der Waals surface area contributed by atoms with Gasteiger partial charge in [0.15, 0.2) is 4.90 Å². The molecule has 0 bridgehead atoms. The molecule has 0 aromatic heterocycles. The van der Waals surface area contributed by atoms with Gasteiger partial charge in [-0.05, 0) is 37.7 Å². The minimum atomic E-state index is -4.30. The number of nitro groups is 1. The van der Waals surface area contributed by atoms with Crippen molar-refractivity contribution in [1.29, 1.82) is 0 Å². The molecule has 0 spiro atoms. The van der Waals surface area contributed by atoms with Crippen LogP contribution in [0, 0.1) is 23.0 Å². The van der Waals surface area contributed by atoms with E-state index in [1.165, 1.54) is 19.1 Å². The molecule has 1 heterocycles. The Bertz CT molecular complexity index is 822. The van der Waals surface area contributed by atoms with E-state index < -0.39 is 43.6 Å². The van der Waals surface area contributed by atoms with Crippen molar-refractivity contribution in [3.05, 3.63) is 33.9 Å². The Labute approximate surface area is 145 Å². The number of nitrogens with zero attached hydrogens (tertiary/aromatic N) is 2. The first-order valence-corrected chi connectivity index (χ1v) is 9.69. The largest absolute Gasteiger partial charge is 0.480 e. The standard InChI is InChI=1S/C16H20N2O6S/c1-10-5-4-8-13(18(21)22)15(10)25(23,24)17-12-7-3-2-6-11(12)9-14(17)16(19)20/h4-5,8,11-12,14H,2-3,6-7,9H2,1H3,(H,19,20). The molecule has 0 amide bonds. The van der Waals surface area contributed by atoms with Gasteiger partial charge in [-0.25, -0.2) is 8.42 Å². The average molecular weight is 368 g/mol. The van der Waals surface area contributed by atoms with Gasteiger partial charge in [0.2, 0.25) is 0 Å². The zero-order chi connectivity index (χ0) is 18.4. The third-order valence-corrected chi connectivity index (χ3v) is 7.36. The van der Waals surface area contributed by atoms with Gasteiger partial charge in [-0.3, -0.25) is 14.9 Å². The van der Waals surface area contributed by atoms with Crippen molar-refractivity contribution in [2.45, 2.75) is 56.0 Å². The predicted octanol–water partition coefficient (Wildman–Crippen LogP) is 2.31. The number of hydrogen-bond acceptors (Lipinski definition) is 5. The van der Waals surface area contributed by atoms with Crippen LogP contribution in [0.4, 0.5) is 5.69 Å². The normalized spacial score (nSPS) is 27.0. The number of nitro benzene ring substituents is 1. The second-order valence-electron chi connectivity index (χ2n) is 6.72. The molecule has 1 saturated heterocycles. The molecule has 3 atom stereocenters. The molecule has 1 aromatic rings. The number of sulfonamides is 1. The second kappa shape index (κ2) is 6.38. The number of aliphatic carboxylic acids is 1. The Hall–Kier alpha value is -2.00. The number of fused-ring (bicyclic) bond motifs is 1. The SMILES string of the molecule is Cc1cccc([N+](=O)[O-])c1S(=O)(=O)N1C(C(=O)O)CC2CCCCC21. The van der Waals surface area contributed by atoms with Crippen LogP contribution in [0.25, 0.3) is 0 Å². The summed E-state index contributed by atoms with van der Waals surface area (Å²) in [4.78, 5) is 21.9. The summed E-state index contributed by atoms with van der Waals surface area (Å²) in [6, 6.07) is 2.49. The molecule has 25 heavy (non-hydrogen) atoms. The van der Waals surface area contributed by atoms with Crippen LogP contribution in [-0.4, -0.2) is 40.8 Å². The molecular weight excluding hydrogens is 348 g/mol. The van der Waals surface area contributed by atoms with Crippen molar-refractivity contribution in [1.82, 2.24) is 4.31 Å². The van der Waals surface area contributed by atoms with E-state index in [1.807, 2.05) is 0 Å². The van der Waals surface area contributed by atoms with Crippen LogP contribution in [0.3, 0.4) is 0 Å². The van der Waals surface area contributed by atoms with E-state index in [4.69, 9.17) is 0 Å². The molecule has 3 rings (SSSR count). The smallest absolute Gasteiger partial charge is 0.322 e. The maximum atomic E-state index is 13.3. The Morgan fingerprint density at radius 2 is 2.00 bits per heavy atom. The molecule has 2 aliphatic rings. The van der Waals surface area contributed by atoms with Gasteiger partial charge in [-0.2, -0.15) is 4.31 Å². The third-order valence-electron chi connectivity index (χ3n) is 5.24. The van der Waals surface area contributed by atoms with Crippen LogP contribution in [-0.2, 0) is 14.8 Å². The summed E-state index contributed by atoms with van der Waals surface area (Å²) in [5.41, 5.74) is -0.263. The zero-order valence-electron chi connectivity index (χ0n) is 13.8. The highest BCUT2D eigenvalue weighted by molar-refractivity contribution is 7.89. The van der Waals surface area contributed by atoms with Crippen LogP contribution in [0.1, 0.15) is 37.7 Å². The van der Waals surface area contributed by atoms with Crippen molar-refractivity contribution < 1.29 is 23.2 Å². The summed E-state index contributed by atoms with van der Waals surface area (Å²) in [7, 11) is -4.30. The highest BCUT2D eigenvalue weighted by atomic mass is 32.2. The summed E-state index contributed by atoms with van der Waals surface area (Å²) in [6.45, 7) is 1.49. The first kappa shape index (κ1) is 17.8. The zero-order valence-corrected chi connectivity index (χ0v) is 14.6. The molecule has 136 valence electrons. The van der Waals surface area contributed by atoms with E-state index >= 15 is 0 Å². The Balaban J connectivity index is 2.16. The van der Waals surface area contributed by atoms with E-state index in [1.54, 1.807) is 0 Å². The van der Waals surface area contributed by atoms with Crippen molar-refractivity contribution in [3.8, 4) is 0 Å². The molecule has 1 saturated carbocycles. The number of hydrogen-bond donors (Lipinski definition) is 1. The van der Waals surface area contributed by atoms with Crippen molar-refractivity contribution in [2.75, 3.05) is 0 Å². The monoisotopic (exact) mass is 368 g/mol. The molecule has 2 fully saturated rings. The van der Waals surface area contributed by atoms with Crippen molar-refractivity contribution in [3.63, 3.8) is 0 Å². The van der Waals surface area contributed by atoms with E-state index in [2.05, 4.69) is 0 Å². The fraction of sp³-hybridized carbons (Fsp3) is 0.562. The average Bonchev–Trinajstić information content (AvgIpc) is 2.94. The topological polar surface area (TPSA) is 118 Å². The highest BCUT2D eigenvalue weighted by Gasteiger charge is 2.52. The van der Waals surface area contributed by atoms with Gasteiger partial charge in [0.1, 0.15) is 6.04 Å². The number of rotatable bonds is 4. The molecule has 1 aliphatic carbocycles. The van der Waals surface area contributed by atoms with Gasteiger partial charge in [0.05, 0.1) is 4.92 Å². The summed E-state index contributed by atoms with van der Waals surface area (Å²) in [6.07, 6.45) is 3.42. The minimum absolute atomic E-state index is 0.00676. The quantitative estimate of drug-likeness (QED) is 0.643. The lowest BCUT2D eigenvalue weighted by molar-refractivity contribution is -0.388. The summed E-state index contributed by atoms with van der Waals surface area (Å²) >= 11 is 0. The second-order valence-corrected chi connectivity index (χ2v) is 8.50. The fourth-order valence-electron chi connectivity index (χ4n) is 4.20. The molecule has 1 aromatic carbocycles. The van der Waals surface area contributed by atoms with Gasteiger partial charge in [0.25, 0.3) is 15.7 Å². The van der Waals surface area contributed by atoms with Gasteiger partial charge in [-0.15, -0.1) is 0 Å². The molecule has 3 unspecified atom stereocenters. The van der Waals surface area contributed by atoms with Crippen LogP contribution >= 0.6 is 0 Å². The van der Waals surface area contributed by atoms with Crippen LogP contribution in [0.2, 0.25) is 0 Å². The van der Waals surface area contributed by atoms with Gasteiger partial charge in [0, 0.05) is 12.1 Å². The number of carboxylic acids is 1. The predicted molar refractivity (Wildman–Crippen MR) is 88.6 cm³/mol. The van der Waals surface area contributed by atoms with Gasteiger partial charge < -0.3 is 5.11 Å². The molecule has 8 nitrogen and oxygen atoms in total. The lowest BCUT2D eigenvalue weighted by atomic mass is 9.85. The molecule has 9 heteroatoms. The number of benzene rings is 1. The number of aryl methyl sites for hydroxylation is 1. The van der Waals surface area contributed by atoms with Gasteiger partial charge in [-0.1, -0.05) is 25.0 Å². The number of carbonyl (C=O) groups is 1. The van der Waals surface area contributed by atoms with E-state index in [0.717, 1.165) is 29.6 Å². The maximum absolute atomic E-state index is 13.3. The van der Waals surface area contributed by atoms with E-state index in [0.29, 0.717) is 6.42 Å². The Morgan fingerprint density at radius 1 is 1.32 bits per heavy atom. The van der Waals surface area contributed by atoms with E-state index in [-0.39, 0.29) is 17.9 Å². The molecule has 1 aliphatic heterocycles. The van der Waals surface area contributed by atoms with Crippen LogP contribution in [0.5, 0.6) is 0 Å². The lowest BCUT2D eigenvalue weighted by Crippen LogP contribution is -2.46. The van der Waals surface area contributed by atoms with Crippen LogP contribution < -0.4 is 0 Å². The number of carboxylic acid groups (broad SMARTS) is 1. The lowest BCUT2D eigenvalue weighted by Gasteiger charge is -2.32. The first-order chi connectivity index (χ1) is 11.7. The molecule has 1 N–H and O–H groups in total. The molecule has 0 radical (unpaired) electrons. The fourth-order valence-corrected chi connectivity index (χ4v) is 6.43. The summed E-state index contributed by atoms with van der Waals surface area (Å²) in [5, 5.41) is 20.9.